The molecule has 0 bridgehead atoms. The molecule has 0 atom stereocenters. The van der Waals surface area contributed by atoms with Crippen LogP contribution in [0.25, 0.3) is 0 Å². The summed E-state index contributed by atoms with van der Waals surface area (Å²) in [5.74, 6) is 1.62. The molecule has 21 heavy (non-hydrogen) atoms. The fourth-order valence-corrected chi connectivity index (χ4v) is 1.90. The van der Waals surface area contributed by atoms with Crippen molar-refractivity contribution in [3.05, 3.63) is 59.2 Å². The van der Waals surface area contributed by atoms with Gasteiger partial charge in [0.1, 0.15) is 11.5 Å². The van der Waals surface area contributed by atoms with Gasteiger partial charge in [-0.3, -0.25) is 0 Å². The maximum absolute atomic E-state index is 8.81. The third-order valence-corrected chi connectivity index (χ3v) is 3.27. The summed E-state index contributed by atoms with van der Waals surface area (Å²) in [4.78, 5) is 0. The Kier molecular flexibility index (Phi) is 5.22. The van der Waals surface area contributed by atoms with Gasteiger partial charge < -0.3 is 9.47 Å². The molecule has 108 valence electrons. The fourth-order valence-electron chi connectivity index (χ4n) is 1.90. The van der Waals surface area contributed by atoms with Crippen LogP contribution >= 0.6 is 0 Å². The highest BCUT2D eigenvalue weighted by atomic mass is 16.5. The Morgan fingerprint density at radius 2 is 1.62 bits per heavy atom. The highest BCUT2D eigenvalue weighted by Crippen LogP contribution is 2.17. The molecule has 0 amide bonds. The van der Waals surface area contributed by atoms with E-state index in [1.54, 1.807) is 12.1 Å². The Morgan fingerprint density at radius 3 is 2.29 bits per heavy atom. The van der Waals surface area contributed by atoms with Crippen molar-refractivity contribution in [2.24, 2.45) is 0 Å². The zero-order valence-electron chi connectivity index (χ0n) is 12.4. The zero-order valence-corrected chi connectivity index (χ0v) is 12.4. The predicted octanol–water partition coefficient (Wildman–Crippen LogP) is 4.02. The maximum Gasteiger partial charge on any atom is 0.120 e. The molecule has 0 aliphatic heterocycles. The molecule has 0 aliphatic carbocycles. The quantitative estimate of drug-likeness (QED) is 0.751. The minimum atomic E-state index is 0.569. The number of ether oxygens (including phenoxy) is 2. The number of hydrogen-bond acceptors (Lipinski definition) is 3. The van der Waals surface area contributed by atoms with Gasteiger partial charge in [0.15, 0.2) is 0 Å². The predicted molar refractivity (Wildman–Crippen MR) is 82.7 cm³/mol. The van der Waals surface area contributed by atoms with Crippen LogP contribution in [-0.2, 0) is 0 Å². The van der Waals surface area contributed by atoms with Gasteiger partial charge in [0, 0.05) is 6.42 Å². The SMILES string of the molecule is Cc1ccc(OCCCOc2cccc(C#N)c2)cc1C. The summed E-state index contributed by atoms with van der Waals surface area (Å²) < 4.78 is 11.3. The molecule has 0 saturated carbocycles. The monoisotopic (exact) mass is 281 g/mol. The third kappa shape index (κ3) is 4.54. The number of nitrogens with zero attached hydrogens (tertiary/aromatic N) is 1. The first-order valence-electron chi connectivity index (χ1n) is 7.02. The first-order chi connectivity index (χ1) is 10.2. The molecule has 2 rings (SSSR count). The van der Waals surface area contributed by atoms with Crippen molar-refractivity contribution >= 4 is 0 Å². The van der Waals surface area contributed by atoms with Crippen LogP contribution in [0.15, 0.2) is 42.5 Å². The zero-order chi connectivity index (χ0) is 15.1. The van der Waals surface area contributed by atoms with Gasteiger partial charge in [-0.15, -0.1) is 0 Å². The van der Waals surface area contributed by atoms with Crippen molar-refractivity contribution in [1.82, 2.24) is 0 Å². The lowest BCUT2D eigenvalue weighted by atomic mass is 10.1. The van der Waals surface area contributed by atoms with E-state index in [1.807, 2.05) is 24.3 Å². The summed E-state index contributed by atoms with van der Waals surface area (Å²) in [6, 6.07) is 15.4. The lowest BCUT2D eigenvalue weighted by Crippen LogP contribution is -2.05. The van der Waals surface area contributed by atoms with Crippen LogP contribution in [0, 0.1) is 25.2 Å². The van der Waals surface area contributed by atoms with E-state index >= 15 is 0 Å². The number of benzene rings is 2. The van der Waals surface area contributed by atoms with Crippen molar-refractivity contribution in [3.8, 4) is 17.6 Å². The number of nitriles is 1. The van der Waals surface area contributed by atoms with E-state index in [4.69, 9.17) is 14.7 Å². The van der Waals surface area contributed by atoms with Crippen LogP contribution in [0.1, 0.15) is 23.1 Å². The van der Waals surface area contributed by atoms with E-state index in [0.717, 1.165) is 17.9 Å². The third-order valence-electron chi connectivity index (χ3n) is 3.27. The molecule has 0 heterocycles. The molecule has 3 heteroatoms. The van der Waals surface area contributed by atoms with E-state index < -0.39 is 0 Å². The molecule has 0 fully saturated rings. The molecule has 0 aromatic heterocycles. The lowest BCUT2D eigenvalue weighted by molar-refractivity contribution is 0.247. The molecule has 0 N–H and O–H groups in total. The second-order valence-corrected chi connectivity index (χ2v) is 4.94. The number of aryl methyl sites for hydroxylation is 2. The van der Waals surface area contributed by atoms with Gasteiger partial charge >= 0.3 is 0 Å². The van der Waals surface area contributed by atoms with E-state index in [0.29, 0.717) is 18.8 Å². The van der Waals surface area contributed by atoms with Gasteiger partial charge in [0.25, 0.3) is 0 Å². The number of rotatable bonds is 6. The van der Waals surface area contributed by atoms with Crippen molar-refractivity contribution < 1.29 is 9.47 Å². The van der Waals surface area contributed by atoms with E-state index in [-0.39, 0.29) is 0 Å². The van der Waals surface area contributed by atoms with Crippen LogP contribution in [0.3, 0.4) is 0 Å². The van der Waals surface area contributed by atoms with Crippen LogP contribution < -0.4 is 9.47 Å². The topological polar surface area (TPSA) is 42.2 Å². The summed E-state index contributed by atoms with van der Waals surface area (Å²) in [5.41, 5.74) is 3.11. The first-order valence-corrected chi connectivity index (χ1v) is 7.02. The minimum Gasteiger partial charge on any atom is -0.493 e. The normalized spacial score (nSPS) is 9.95. The number of hydrogen-bond donors (Lipinski definition) is 0. The molecule has 2 aromatic rings. The average Bonchev–Trinajstić information content (AvgIpc) is 2.50. The Morgan fingerprint density at radius 1 is 0.905 bits per heavy atom. The molecular formula is C18H19NO2. The van der Waals surface area contributed by atoms with Crippen LogP contribution in [0.2, 0.25) is 0 Å². The van der Waals surface area contributed by atoms with Crippen LogP contribution in [0.5, 0.6) is 11.5 Å². The molecule has 3 nitrogen and oxygen atoms in total. The van der Waals surface area contributed by atoms with E-state index in [9.17, 15) is 0 Å². The highest BCUT2D eigenvalue weighted by molar-refractivity contribution is 5.36. The van der Waals surface area contributed by atoms with Crippen molar-refractivity contribution in [3.63, 3.8) is 0 Å². The van der Waals surface area contributed by atoms with Gasteiger partial charge in [-0.05, 0) is 55.3 Å². The summed E-state index contributed by atoms with van der Waals surface area (Å²) in [6.07, 6.45) is 0.795. The van der Waals surface area contributed by atoms with Gasteiger partial charge in [0.2, 0.25) is 0 Å². The van der Waals surface area contributed by atoms with Gasteiger partial charge in [-0.1, -0.05) is 12.1 Å². The molecule has 0 aliphatic rings. The maximum atomic E-state index is 8.81. The molecule has 2 aromatic carbocycles. The Balaban J connectivity index is 1.72. The molecular weight excluding hydrogens is 262 g/mol. The largest absolute Gasteiger partial charge is 0.493 e. The second kappa shape index (κ2) is 7.35. The van der Waals surface area contributed by atoms with Crippen LogP contribution in [0.4, 0.5) is 0 Å². The smallest absolute Gasteiger partial charge is 0.120 e. The van der Waals surface area contributed by atoms with E-state index in [1.165, 1.54) is 11.1 Å². The Hall–Kier alpha value is -2.47. The van der Waals surface area contributed by atoms with Crippen molar-refractivity contribution in [2.45, 2.75) is 20.3 Å². The van der Waals surface area contributed by atoms with E-state index in [2.05, 4.69) is 26.0 Å². The standard InChI is InChI=1S/C18H19NO2/c1-14-7-8-18(11-15(14)2)21-10-4-9-20-17-6-3-5-16(12-17)13-19/h3,5-8,11-12H,4,9-10H2,1-2H3. The lowest BCUT2D eigenvalue weighted by Gasteiger charge is -2.09. The highest BCUT2D eigenvalue weighted by Gasteiger charge is 1.99. The van der Waals surface area contributed by atoms with Gasteiger partial charge in [-0.2, -0.15) is 5.26 Å². The second-order valence-electron chi connectivity index (χ2n) is 4.94. The minimum absolute atomic E-state index is 0.569. The fraction of sp³-hybridized carbons (Fsp3) is 0.278. The Labute approximate surface area is 125 Å². The Bertz CT molecular complexity index is 644. The van der Waals surface area contributed by atoms with Crippen molar-refractivity contribution in [1.29, 1.82) is 5.26 Å². The summed E-state index contributed by atoms with van der Waals surface area (Å²) in [7, 11) is 0. The van der Waals surface area contributed by atoms with Crippen molar-refractivity contribution in [2.75, 3.05) is 13.2 Å². The summed E-state index contributed by atoms with van der Waals surface area (Å²) >= 11 is 0. The first kappa shape index (κ1) is 14.9. The molecule has 0 spiro atoms. The van der Waals surface area contributed by atoms with Gasteiger partial charge in [0.05, 0.1) is 24.8 Å². The molecule has 0 unspecified atom stereocenters. The molecule has 0 radical (unpaired) electrons. The summed E-state index contributed by atoms with van der Waals surface area (Å²) in [6.45, 7) is 5.34. The van der Waals surface area contributed by atoms with Gasteiger partial charge in [-0.25, -0.2) is 0 Å². The summed E-state index contributed by atoms with van der Waals surface area (Å²) in [5, 5.41) is 8.81. The molecule has 0 saturated heterocycles. The average molecular weight is 281 g/mol. The van der Waals surface area contributed by atoms with Crippen LogP contribution in [-0.4, -0.2) is 13.2 Å².